The molecule has 5 rings (SSSR count). The molecule has 3 heterocycles. The van der Waals surface area contributed by atoms with Gasteiger partial charge >= 0.3 is 6.03 Å². The Morgan fingerprint density at radius 3 is 2.41 bits per heavy atom. The molecule has 0 radical (unpaired) electrons. The molecule has 0 aliphatic carbocycles. The van der Waals surface area contributed by atoms with Gasteiger partial charge in [-0.2, -0.15) is 9.61 Å². The molecule has 4 aromatic rings. The number of rotatable bonds is 6. The van der Waals surface area contributed by atoms with Gasteiger partial charge in [0.25, 0.3) is 5.56 Å². The fourth-order valence-corrected chi connectivity index (χ4v) is 5.29. The average Bonchev–Trinajstić information content (AvgIpc) is 3.33. The number of hydrogen-bond donors (Lipinski definition) is 1. The Bertz CT molecular complexity index is 1470. The number of methoxy groups -OCH3 is 2. The van der Waals surface area contributed by atoms with Crippen molar-refractivity contribution in [2.45, 2.75) is 13.5 Å². The monoisotopic (exact) mass is 520 g/mol. The van der Waals surface area contributed by atoms with Gasteiger partial charge in [-0.3, -0.25) is 9.69 Å². The molecule has 0 unspecified atom stereocenters. The largest absolute Gasteiger partial charge is 0.497 e. The van der Waals surface area contributed by atoms with Gasteiger partial charge < -0.3 is 19.7 Å². The number of anilines is 1. The maximum Gasteiger partial charge on any atom is 0.321 e. The lowest BCUT2D eigenvalue weighted by Crippen LogP contribution is -2.49. The van der Waals surface area contributed by atoms with E-state index in [9.17, 15) is 9.59 Å². The van der Waals surface area contributed by atoms with Crippen molar-refractivity contribution in [3.63, 3.8) is 0 Å². The molecular formula is C26H28N6O4S. The van der Waals surface area contributed by atoms with Gasteiger partial charge in [0.15, 0.2) is 0 Å². The molecule has 10 nitrogen and oxygen atoms in total. The first-order chi connectivity index (χ1) is 17.9. The minimum absolute atomic E-state index is 0.180. The van der Waals surface area contributed by atoms with E-state index in [1.807, 2.05) is 31.2 Å². The maximum absolute atomic E-state index is 12.8. The zero-order valence-corrected chi connectivity index (χ0v) is 21.7. The van der Waals surface area contributed by atoms with Crippen molar-refractivity contribution in [1.82, 2.24) is 24.4 Å². The molecule has 1 aliphatic rings. The normalized spacial score (nSPS) is 14.1. The first-order valence-corrected chi connectivity index (χ1v) is 12.7. The van der Waals surface area contributed by atoms with E-state index >= 15 is 0 Å². The van der Waals surface area contributed by atoms with Gasteiger partial charge in [0.05, 0.1) is 19.9 Å². The van der Waals surface area contributed by atoms with E-state index in [1.165, 1.54) is 15.9 Å². The number of piperazine rings is 1. The summed E-state index contributed by atoms with van der Waals surface area (Å²) in [7, 11) is 3.14. The molecule has 0 spiro atoms. The summed E-state index contributed by atoms with van der Waals surface area (Å²) in [5, 5.41) is 8.19. The van der Waals surface area contributed by atoms with Crippen LogP contribution in [-0.2, 0) is 6.54 Å². The minimum Gasteiger partial charge on any atom is -0.497 e. The average molecular weight is 521 g/mol. The molecule has 1 fully saturated rings. The third-order valence-corrected chi connectivity index (χ3v) is 7.26. The van der Waals surface area contributed by atoms with Gasteiger partial charge in [-0.1, -0.05) is 35.6 Å². The number of carbonyl (C=O) groups is 1. The lowest BCUT2D eigenvalue weighted by Gasteiger charge is -2.34. The molecule has 11 heteroatoms. The SMILES string of the molecule is COc1cc(NC(=O)N2CCN(Cc3cc(=O)n4nc(-c5ccccc5C)sc4n3)CC2)cc(OC)c1. The van der Waals surface area contributed by atoms with Gasteiger partial charge in [-0.15, -0.1) is 0 Å². The minimum atomic E-state index is -0.192. The molecule has 2 aromatic carbocycles. The number of fused-ring (bicyclic) bond motifs is 1. The fourth-order valence-electron chi connectivity index (χ4n) is 4.28. The molecule has 1 N–H and O–H groups in total. The number of nitrogens with one attached hydrogen (secondary N) is 1. The van der Waals surface area contributed by atoms with Crippen LogP contribution in [0.1, 0.15) is 11.3 Å². The van der Waals surface area contributed by atoms with Crippen LogP contribution >= 0.6 is 11.3 Å². The zero-order valence-electron chi connectivity index (χ0n) is 20.9. The molecule has 0 bridgehead atoms. The van der Waals surface area contributed by atoms with Gasteiger partial charge in [-0.25, -0.2) is 9.78 Å². The van der Waals surface area contributed by atoms with Crippen LogP contribution in [0, 0.1) is 6.92 Å². The van der Waals surface area contributed by atoms with Crippen LogP contribution in [-0.4, -0.2) is 70.8 Å². The maximum atomic E-state index is 12.8. The second-order valence-corrected chi connectivity index (χ2v) is 9.75. The smallest absolute Gasteiger partial charge is 0.321 e. The Hall–Kier alpha value is -3.96. The Balaban J connectivity index is 1.22. The number of amides is 2. The molecule has 37 heavy (non-hydrogen) atoms. The number of nitrogens with zero attached hydrogens (tertiary/aromatic N) is 5. The van der Waals surface area contributed by atoms with Crippen LogP contribution < -0.4 is 20.3 Å². The third kappa shape index (κ3) is 5.42. The highest BCUT2D eigenvalue weighted by Gasteiger charge is 2.22. The summed E-state index contributed by atoms with van der Waals surface area (Å²) < 4.78 is 11.9. The van der Waals surface area contributed by atoms with Crippen LogP contribution in [0.2, 0.25) is 0 Å². The number of aromatic nitrogens is 3. The van der Waals surface area contributed by atoms with E-state index in [4.69, 9.17) is 14.5 Å². The summed E-state index contributed by atoms with van der Waals surface area (Å²) in [6.45, 7) is 5.03. The van der Waals surface area contributed by atoms with E-state index < -0.39 is 0 Å². The first kappa shape index (κ1) is 24.7. The lowest BCUT2D eigenvalue weighted by molar-refractivity contribution is 0.142. The number of benzene rings is 2. The standard InChI is InChI=1S/C26H28N6O4S/c1-17-6-4-5-7-22(17)24-29-32-23(33)14-19(28-26(32)37-24)16-30-8-10-31(11-9-30)25(34)27-18-12-20(35-2)15-21(13-18)36-3/h4-7,12-15H,8-11,16H2,1-3H3,(H,27,34). The molecule has 2 amide bonds. The van der Waals surface area contributed by atoms with Crippen LogP contribution in [0.3, 0.4) is 0 Å². The van der Waals surface area contributed by atoms with Crippen LogP contribution in [0.4, 0.5) is 10.5 Å². The van der Waals surface area contributed by atoms with Crippen molar-refractivity contribution in [2.75, 3.05) is 45.7 Å². The quantitative estimate of drug-likeness (QED) is 0.415. The number of carbonyl (C=O) groups excluding carboxylic acids is 1. The summed E-state index contributed by atoms with van der Waals surface area (Å²) in [5.74, 6) is 1.21. The Labute approximate surface area is 218 Å². The highest BCUT2D eigenvalue weighted by Crippen LogP contribution is 2.28. The van der Waals surface area contributed by atoms with Crippen molar-refractivity contribution in [2.24, 2.45) is 0 Å². The predicted octanol–water partition coefficient (Wildman–Crippen LogP) is 3.49. The summed E-state index contributed by atoms with van der Waals surface area (Å²) in [6, 6.07) is 14.6. The van der Waals surface area contributed by atoms with Crippen molar-refractivity contribution in [3.8, 4) is 22.1 Å². The summed E-state index contributed by atoms with van der Waals surface area (Å²) in [5.41, 5.74) is 3.22. The van der Waals surface area contributed by atoms with E-state index in [0.717, 1.165) is 16.1 Å². The first-order valence-electron chi connectivity index (χ1n) is 11.9. The van der Waals surface area contributed by atoms with Crippen LogP contribution in [0.5, 0.6) is 11.5 Å². The van der Waals surface area contributed by atoms with E-state index in [-0.39, 0.29) is 11.6 Å². The lowest BCUT2D eigenvalue weighted by atomic mass is 10.1. The van der Waals surface area contributed by atoms with Crippen molar-refractivity contribution in [3.05, 3.63) is 70.1 Å². The third-order valence-electron chi connectivity index (χ3n) is 6.32. The summed E-state index contributed by atoms with van der Waals surface area (Å²) >= 11 is 1.41. The predicted molar refractivity (Wildman–Crippen MR) is 143 cm³/mol. The van der Waals surface area contributed by atoms with Gasteiger partial charge in [0.2, 0.25) is 4.96 Å². The molecule has 0 saturated carbocycles. The summed E-state index contributed by atoms with van der Waals surface area (Å²) in [6.07, 6.45) is 0. The Kier molecular flexibility index (Phi) is 7.06. The number of aryl methyl sites for hydroxylation is 1. The fraction of sp³-hybridized carbons (Fsp3) is 0.308. The highest BCUT2D eigenvalue weighted by atomic mass is 32.1. The van der Waals surface area contributed by atoms with Crippen molar-refractivity contribution < 1.29 is 14.3 Å². The molecule has 2 aromatic heterocycles. The highest BCUT2D eigenvalue weighted by molar-refractivity contribution is 7.19. The number of urea groups is 1. The second-order valence-electron chi connectivity index (χ2n) is 8.80. The van der Waals surface area contributed by atoms with E-state index in [1.54, 1.807) is 43.4 Å². The van der Waals surface area contributed by atoms with Crippen molar-refractivity contribution >= 4 is 28.0 Å². The Morgan fingerprint density at radius 2 is 1.73 bits per heavy atom. The van der Waals surface area contributed by atoms with Gasteiger partial charge in [-0.05, 0) is 12.5 Å². The molecule has 0 atom stereocenters. The van der Waals surface area contributed by atoms with Crippen molar-refractivity contribution in [1.29, 1.82) is 0 Å². The number of ether oxygens (including phenoxy) is 2. The molecule has 192 valence electrons. The molecule has 1 saturated heterocycles. The second kappa shape index (κ2) is 10.6. The summed E-state index contributed by atoms with van der Waals surface area (Å²) in [4.78, 5) is 34.8. The Morgan fingerprint density at radius 1 is 1.03 bits per heavy atom. The van der Waals surface area contributed by atoms with E-state index in [2.05, 4.69) is 15.3 Å². The number of hydrogen-bond acceptors (Lipinski definition) is 8. The molecule has 1 aliphatic heterocycles. The van der Waals surface area contributed by atoms with Gasteiger partial charge in [0.1, 0.15) is 16.5 Å². The van der Waals surface area contributed by atoms with Crippen LogP contribution in [0.25, 0.3) is 15.5 Å². The topological polar surface area (TPSA) is 101 Å². The zero-order chi connectivity index (χ0) is 25.9. The van der Waals surface area contributed by atoms with Crippen LogP contribution in [0.15, 0.2) is 53.3 Å². The van der Waals surface area contributed by atoms with Gasteiger partial charge in [0, 0.05) is 68.2 Å². The molecular weight excluding hydrogens is 492 g/mol. The van der Waals surface area contributed by atoms with E-state index in [0.29, 0.717) is 60.6 Å².